The lowest BCUT2D eigenvalue weighted by Crippen LogP contribution is -2.48. The maximum Gasteiger partial charge on any atom is 0.162 e. The van der Waals surface area contributed by atoms with Gasteiger partial charge in [0.25, 0.3) is 0 Å². The van der Waals surface area contributed by atoms with Crippen LogP contribution < -0.4 is 9.64 Å². The SMILES string of the molecule is O=C(CCCN1CC[C@@H]2[C@H](C1)c1cccc3c1N2CCO3)c1ccc(F)cc1. The number of nitrogens with zero attached hydrogens (tertiary/aromatic N) is 2. The number of likely N-dealkylation sites (tertiary alicyclic amines) is 1. The van der Waals surface area contributed by atoms with Gasteiger partial charge in [0.2, 0.25) is 0 Å². The van der Waals surface area contributed by atoms with Crippen molar-refractivity contribution in [3.05, 3.63) is 59.4 Å². The minimum atomic E-state index is -0.303. The lowest BCUT2D eigenvalue weighted by atomic mass is 9.89. The van der Waals surface area contributed by atoms with E-state index in [9.17, 15) is 9.18 Å². The van der Waals surface area contributed by atoms with E-state index < -0.39 is 0 Å². The van der Waals surface area contributed by atoms with Crippen LogP contribution in [0.5, 0.6) is 5.75 Å². The van der Waals surface area contributed by atoms with Crippen molar-refractivity contribution in [2.24, 2.45) is 0 Å². The molecular formula is C23H25FN2O2. The highest BCUT2D eigenvalue weighted by molar-refractivity contribution is 5.95. The van der Waals surface area contributed by atoms with E-state index in [0.29, 0.717) is 23.9 Å². The molecule has 5 heteroatoms. The van der Waals surface area contributed by atoms with Crippen molar-refractivity contribution in [2.45, 2.75) is 31.2 Å². The molecule has 3 heterocycles. The zero-order chi connectivity index (χ0) is 19.1. The molecule has 3 aliphatic rings. The Morgan fingerprint density at radius 2 is 2.00 bits per heavy atom. The quantitative estimate of drug-likeness (QED) is 0.738. The van der Waals surface area contributed by atoms with Gasteiger partial charge in [0, 0.05) is 37.0 Å². The first-order valence-electron chi connectivity index (χ1n) is 10.2. The van der Waals surface area contributed by atoms with Crippen LogP contribution in [0.3, 0.4) is 0 Å². The van der Waals surface area contributed by atoms with Gasteiger partial charge >= 0.3 is 0 Å². The highest BCUT2D eigenvalue weighted by Crippen LogP contribution is 2.50. The Hall–Kier alpha value is -2.40. The van der Waals surface area contributed by atoms with Crippen LogP contribution in [0.4, 0.5) is 10.1 Å². The van der Waals surface area contributed by atoms with Crippen molar-refractivity contribution in [3.63, 3.8) is 0 Å². The van der Waals surface area contributed by atoms with E-state index in [0.717, 1.165) is 51.4 Å². The fraction of sp³-hybridized carbons (Fsp3) is 0.435. The molecule has 0 N–H and O–H groups in total. The highest BCUT2D eigenvalue weighted by Gasteiger charge is 2.44. The maximum atomic E-state index is 13.0. The molecule has 1 saturated heterocycles. The number of anilines is 1. The average Bonchev–Trinajstić information content (AvgIpc) is 3.04. The average molecular weight is 380 g/mol. The second-order valence-corrected chi connectivity index (χ2v) is 8.03. The fourth-order valence-corrected chi connectivity index (χ4v) is 5.09. The molecule has 4 nitrogen and oxygen atoms in total. The lowest BCUT2D eigenvalue weighted by molar-refractivity contribution is 0.0971. The third kappa shape index (κ3) is 3.08. The zero-order valence-corrected chi connectivity index (χ0v) is 15.9. The van der Waals surface area contributed by atoms with Crippen LogP contribution in [-0.4, -0.2) is 49.5 Å². The normalized spacial score (nSPS) is 23.1. The molecule has 2 atom stereocenters. The van der Waals surface area contributed by atoms with Crippen LogP contribution in [0.25, 0.3) is 0 Å². The Kier molecular flexibility index (Phi) is 4.55. The van der Waals surface area contributed by atoms with Crippen LogP contribution in [0, 0.1) is 5.82 Å². The standard InChI is InChI=1S/C23H25FN2O2/c24-17-8-6-16(7-9-17)21(27)4-2-11-25-12-10-20-19(15-25)18-3-1-5-22-23(18)26(20)13-14-28-22/h1,3,5-9,19-20H,2,4,10-15H2/t19-,20-/m1/s1. The molecule has 2 aromatic rings. The third-order valence-electron chi connectivity index (χ3n) is 6.41. The second-order valence-electron chi connectivity index (χ2n) is 8.03. The molecule has 5 rings (SSSR count). The van der Waals surface area contributed by atoms with Gasteiger partial charge in [0.05, 0.1) is 12.2 Å². The van der Waals surface area contributed by atoms with Crippen molar-refractivity contribution < 1.29 is 13.9 Å². The number of carbonyl (C=O) groups is 1. The number of fused-ring (bicyclic) bond motifs is 3. The summed E-state index contributed by atoms with van der Waals surface area (Å²) in [7, 11) is 0. The number of ketones is 1. The van der Waals surface area contributed by atoms with Gasteiger partial charge in [-0.2, -0.15) is 0 Å². The predicted octanol–water partition coefficient (Wildman–Crippen LogP) is 3.86. The molecule has 0 spiro atoms. The molecule has 0 bridgehead atoms. The molecule has 0 aromatic heterocycles. The van der Waals surface area contributed by atoms with Crippen molar-refractivity contribution in [1.29, 1.82) is 0 Å². The van der Waals surface area contributed by atoms with E-state index in [1.165, 1.54) is 23.4 Å². The number of para-hydroxylation sites is 1. The Bertz CT molecular complexity index is 883. The number of hydrogen-bond acceptors (Lipinski definition) is 4. The Morgan fingerprint density at radius 3 is 2.86 bits per heavy atom. The summed E-state index contributed by atoms with van der Waals surface area (Å²) in [5, 5.41) is 0. The largest absolute Gasteiger partial charge is 0.490 e. The van der Waals surface area contributed by atoms with E-state index >= 15 is 0 Å². The van der Waals surface area contributed by atoms with Gasteiger partial charge in [-0.25, -0.2) is 4.39 Å². The number of ether oxygens (including phenoxy) is 1. The Morgan fingerprint density at radius 1 is 1.14 bits per heavy atom. The molecule has 1 fully saturated rings. The molecule has 0 saturated carbocycles. The molecule has 0 radical (unpaired) electrons. The van der Waals surface area contributed by atoms with E-state index in [4.69, 9.17) is 4.74 Å². The molecule has 2 aromatic carbocycles. The zero-order valence-electron chi connectivity index (χ0n) is 15.9. The summed E-state index contributed by atoms with van der Waals surface area (Å²) >= 11 is 0. The van der Waals surface area contributed by atoms with Gasteiger partial charge in [0.1, 0.15) is 18.2 Å². The first kappa shape index (κ1) is 17.7. The van der Waals surface area contributed by atoms with Gasteiger partial charge in [-0.3, -0.25) is 4.79 Å². The van der Waals surface area contributed by atoms with Crippen LogP contribution in [0.2, 0.25) is 0 Å². The summed E-state index contributed by atoms with van der Waals surface area (Å²) in [4.78, 5) is 17.4. The summed E-state index contributed by atoms with van der Waals surface area (Å²) in [5.41, 5.74) is 3.35. The number of rotatable bonds is 5. The molecule has 146 valence electrons. The predicted molar refractivity (Wildman–Crippen MR) is 107 cm³/mol. The van der Waals surface area contributed by atoms with Crippen molar-refractivity contribution in [3.8, 4) is 5.75 Å². The Labute approximate surface area is 164 Å². The van der Waals surface area contributed by atoms with Crippen LogP contribution in [-0.2, 0) is 0 Å². The van der Waals surface area contributed by atoms with E-state index in [2.05, 4.69) is 28.0 Å². The number of benzene rings is 2. The molecule has 0 aliphatic carbocycles. The van der Waals surface area contributed by atoms with Crippen LogP contribution >= 0.6 is 0 Å². The molecular weight excluding hydrogens is 355 g/mol. The van der Waals surface area contributed by atoms with Gasteiger partial charge in [-0.05, 0) is 55.3 Å². The molecule has 28 heavy (non-hydrogen) atoms. The number of carbonyl (C=O) groups excluding carboxylic acids is 1. The monoisotopic (exact) mass is 380 g/mol. The van der Waals surface area contributed by atoms with E-state index in [-0.39, 0.29) is 11.6 Å². The second kappa shape index (κ2) is 7.21. The number of halogens is 1. The first-order valence-corrected chi connectivity index (χ1v) is 10.2. The Balaban J connectivity index is 1.20. The summed E-state index contributed by atoms with van der Waals surface area (Å²) in [6.45, 7) is 4.81. The summed E-state index contributed by atoms with van der Waals surface area (Å²) in [6, 6.07) is 12.9. The number of hydrogen-bond donors (Lipinski definition) is 0. The van der Waals surface area contributed by atoms with Crippen molar-refractivity contribution >= 4 is 11.5 Å². The smallest absolute Gasteiger partial charge is 0.162 e. The van der Waals surface area contributed by atoms with Crippen molar-refractivity contribution in [1.82, 2.24) is 4.90 Å². The summed E-state index contributed by atoms with van der Waals surface area (Å²) in [6.07, 6.45) is 2.51. The van der Waals surface area contributed by atoms with E-state index in [1.54, 1.807) is 12.1 Å². The molecule has 0 unspecified atom stereocenters. The number of piperidine rings is 1. The maximum absolute atomic E-state index is 13.0. The summed E-state index contributed by atoms with van der Waals surface area (Å²) in [5.74, 6) is 1.36. The van der Waals surface area contributed by atoms with E-state index in [1.807, 2.05) is 0 Å². The van der Waals surface area contributed by atoms with Crippen molar-refractivity contribution in [2.75, 3.05) is 37.7 Å². The minimum Gasteiger partial charge on any atom is -0.490 e. The van der Waals surface area contributed by atoms with Gasteiger partial charge in [-0.1, -0.05) is 12.1 Å². The van der Waals surface area contributed by atoms with Crippen LogP contribution in [0.1, 0.15) is 41.1 Å². The summed E-state index contributed by atoms with van der Waals surface area (Å²) < 4.78 is 18.9. The van der Waals surface area contributed by atoms with Crippen LogP contribution in [0.15, 0.2) is 42.5 Å². The first-order chi connectivity index (χ1) is 13.7. The molecule has 3 aliphatic heterocycles. The third-order valence-corrected chi connectivity index (χ3v) is 6.41. The highest BCUT2D eigenvalue weighted by atomic mass is 19.1. The van der Waals surface area contributed by atoms with Gasteiger partial charge in [-0.15, -0.1) is 0 Å². The molecule has 0 amide bonds. The minimum absolute atomic E-state index is 0.0972. The fourth-order valence-electron chi connectivity index (χ4n) is 5.09. The van der Waals surface area contributed by atoms with Gasteiger partial charge < -0.3 is 14.5 Å². The topological polar surface area (TPSA) is 32.8 Å². The lowest BCUT2D eigenvalue weighted by Gasteiger charge is -2.40. The van der Waals surface area contributed by atoms with Gasteiger partial charge in [0.15, 0.2) is 5.78 Å². The number of Topliss-reactive ketones (excluding diaryl/α,β-unsaturated/α-hetero) is 1.